The Balaban J connectivity index is 2.02. The van der Waals surface area contributed by atoms with Crippen molar-refractivity contribution in [3.8, 4) is 5.75 Å². The molecule has 6 heteroatoms. The molecule has 102 valence electrons. The lowest BCUT2D eigenvalue weighted by molar-refractivity contribution is 0.0955. The Morgan fingerprint density at radius 2 is 1.85 bits per heavy atom. The van der Waals surface area contributed by atoms with Crippen LogP contribution in [0.3, 0.4) is 0 Å². The first kappa shape index (κ1) is 14.4. The summed E-state index contributed by atoms with van der Waals surface area (Å²) in [6.07, 6.45) is 1.43. The summed E-state index contributed by atoms with van der Waals surface area (Å²) in [6.45, 7) is 0. The van der Waals surface area contributed by atoms with E-state index in [1.54, 1.807) is 18.2 Å². The lowest BCUT2D eigenvalue weighted by Gasteiger charge is -2.01. The highest BCUT2D eigenvalue weighted by Gasteiger charge is 2.03. The van der Waals surface area contributed by atoms with Crippen molar-refractivity contribution in [3.05, 3.63) is 63.6 Å². The van der Waals surface area contributed by atoms with E-state index in [2.05, 4.69) is 10.5 Å². The number of carbonyl (C=O) groups excluding carboxylic acids is 1. The van der Waals surface area contributed by atoms with Gasteiger partial charge in [0.1, 0.15) is 5.75 Å². The Morgan fingerprint density at radius 3 is 2.50 bits per heavy atom. The number of hydrazone groups is 1. The van der Waals surface area contributed by atoms with Crippen molar-refractivity contribution >= 4 is 35.3 Å². The number of nitrogens with zero attached hydrogens (tertiary/aromatic N) is 1. The Labute approximate surface area is 125 Å². The van der Waals surface area contributed by atoms with E-state index in [0.717, 1.165) is 0 Å². The number of benzene rings is 2. The average Bonchev–Trinajstić information content (AvgIpc) is 2.42. The van der Waals surface area contributed by atoms with E-state index >= 15 is 0 Å². The molecule has 0 atom stereocenters. The van der Waals surface area contributed by atoms with Gasteiger partial charge in [0.2, 0.25) is 0 Å². The molecule has 2 aromatic carbocycles. The second kappa shape index (κ2) is 6.41. The molecule has 2 aromatic rings. The van der Waals surface area contributed by atoms with E-state index in [4.69, 9.17) is 28.3 Å². The number of halogens is 2. The summed E-state index contributed by atoms with van der Waals surface area (Å²) in [5.41, 5.74) is 3.40. The lowest BCUT2D eigenvalue weighted by Crippen LogP contribution is -2.17. The summed E-state index contributed by atoms with van der Waals surface area (Å²) in [6, 6.07) is 10.8. The molecule has 0 aliphatic heterocycles. The van der Waals surface area contributed by atoms with E-state index in [0.29, 0.717) is 21.2 Å². The first-order valence-corrected chi connectivity index (χ1v) is 6.39. The van der Waals surface area contributed by atoms with Crippen molar-refractivity contribution in [2.45, 2.75) is 0 Å². The fraction of sp³-hybridized carbons (Fsp3) is 0. The lowest BCUT2D eigenvalue weighted by atomic mass is 10.2. The van der Waals surface area contributed by atoms with Crippen LogP contribution < -0.4 is 5.43 Å². The molecule has 0 saturated heterocycles. The van der Waals surface area contributed by atoms with E-state index in [1.807, 2.05) is 0 Å². The number of nitrogens with one attached hydrogen (secondary N) is 1. The highest BCUT2D eigenvalue weighted by molar-refractivity contribution is 6.36. The zero-order valence-corrected chi connectivity index (χ0v) is 11.7. The molecule has 1 amide bonds. The summed E-state index contributed by atoms with van der Waals surface area (Å²) in [5, 5.41) is 13.9. The predicted octanol–water partition coefficient (Wildman–Crippen LogP) is 3.46. The number of phenols is 1. The first-order chi connectivity index (χ1) is 9.56. The normalized spacial score (nSPS) is 10.7. The maximum absolute atomic E-state index is 11.7. The summed E-state index contributed by atoms with van der Waals surface area (Å²) >= 11 is 11.7. The van der Waals surface area contributed by atoms with Gasteiger partial charge in [-0.2, -0.15) is 5.10 Å². The Kier molecular flexibility index (Phi) is 4.61. The largest absolute Gasteiger partial charge is 0.508 e. The zero-order valence-electron chi connectivity index (χ0n) is 10.2. The molecule has 4 nitrogen and oxygen atoms in total. The highest BCUT2D eigenvalue weighted by Crippen LogP contribution is 2.19. The Morgan fingerprint density at radius 1 is 1.15 bits per heavy atom. The molecule has 0 aromatic heterocycles. The maximum Gasteiger partial charge on any atom is 0.271 e. The van der Waals surface area contributed by atoms with Crippen LogP contribution in [-0.4, -0.2) is 17.2 Å². The number of phenolic OH excluding ortho intramolecular Hbond substituents is 1. The van der Waals surface area contributed by atoms with Gasteiger partial charge in [-0.05, 0) is 36.4 Å². The number of hydrogen-bond donors (Lipinski definition) is 2. The van der Waals surface area contributed by atoms with Crippen molar-refractivity contribution in [2.75, 3.05) is 0 Å². The van der Waals surface area contributed by atoms with Crippen LogP contribution in [-0.2, 0) is 0 Å². The van der Waals surface area contributed by atoms with Gasteiger partial charge >= 0.3 is 0 Å². The summed E-state index contributed by atoms with van der Waals surface area (Å²) in [4.78, 5) is 11.7. The molecule has 0 heterocycles. The zero-order chi connectivity index (χ0) is 14.5. The van der Waals surface area contributed by atoms with Crippen molar-refractivity contribution in [1.82, 2.24) is 5.43 Å². The van der Waals surface area contributed by atoms with Crippen molar-refractivity contribution in [2.24, 2.45) is 5.10 Å². The van der Waals surface area contributed by atoms with Gasteiger partial charge in [-0.15, -0.1) is 0 Å². The predicted molar refractivity (Wildman–Crippen MR) is 79.6 cm³/mol. The molecular formula is C14H10Cl2N2O2. The third-order valence-corrected chi connectivity index (χ3v) is 3.02. The number of carbonyl (C=O) groups is 1. The monoisotopic (exact) mass is 308 g/mol. The van der Waals surface area contributed by atoms with Gasteiger partial charge in [-0.3, -0.25) is 4.79 Å². The summed E-state index contributed by atoms with van der Waals surface area (Å²) in [5.74, 6) is -0.288. The van der Waals surface area contributed by atoms with Crippen LogP contribution in [0, 0.1) is 0 Å². The molecule has 0 spiro atoms. The highest BCUT2D eigenvalue weighted by atomic mass is 35.5. The SMILES string of the molecule is O=C(NN=Cc1ccc(Cl)cc1Cl)c1ccc(O)cc1. The second-order valence-electron chi connectivity index (χ2n) is 3.91. The van der Waals surface area contributed by atoms with Gasteiger partial charge in [-0.25, -0.2) is 5.43 Å². The average molecular weight is 309 g/mol. The number of hydrogen-bond acceptors (Lipinski definition) is 3. The maximum atomic E-state index is 11.7. The summed E-state index contributed by atoms with van der Waals surface area (Å²) in [7, 11) is 0. The number of amides is 1. The minimum atomic E-state index is -0.383. The van der Waals surface area contributed by atoms with E-state index in [-0.39, 0.29) is 11.7 Å². The van der Waals surface area contributed by atoms with Crippen LogP contribution in [0.15, 0.2) is 47.6 Å². The standard InChI is InChI=1S/C14H10Cl2N2O2/c15-11-4-1-10(13(16)7-11)8-17-18-14(20)9-2-5-12(19)6-3-9/h1-8,19H,(H,18,20). The smallest absolute Gasteiger partial charge is 0.271 e. The quantitative estimate of drug-likeness (QED) is 0.674. The van der Waals surface area contributed by atoms with Crippen LogP contribution in [0.5, 0.6) is 5.75 Å². The molecule has 20 heavy (non-hydrogen) atoms. The fourth-order valence-corrected chi connectivity index (χ4v) is 1.90. The van der Waals surface area contributed by atoms with Crippen LogP contribution in [0.2, 0.25) is 10.0 Å². The molecule has 0 fully saturated rings. The molecule has 2 N–H and O–H groups in total. The first-order valence-electron chi connectivity index (χ1n) is 5.64. The van der Waals surface area contributed by atoms with Crippen LogP contribution in [0.4, 0.5) is 0 Å². The van der Waals surface area contributed by atoms with E-state index in [1.165, 1.54) is 30.5 Å². The molecular weight excluding hydrogens is 299 g/mol. The molecule has 0 saturated carbocycles. The summed E-state index contributed by atoms with van der Waals surface area (Å²) < 4.78 is 0. The number of aromatic hydroxyl groups is 1. The van der Waals surface area contributed by atoms with Gasteiger partial charge < -0.3 is 5.11 Å². The number of rotatable bonds is 3. The van der Waals surface area contributed by atoms with Gasteiger partial charge in [0.05, 0.1) is 11.2 Å². The van der Waals surface area contributed by atoms with Crippen molar-refractivity contribution in [1.29, 1.82) is 0 Å². The fourth-order valence-electron chi connectivity index (χ4n) is 1.44. The van der Waals surface area contributed by atoms with Crippen LogP contribution >= 0.6 is 23.2 Å². The molecule has 0 unspecified atom stereocenters. The molecule has 2 rings (SSSR count). The minimum absolute atomic E-state index is 0.0954. The second-order valence-corrected chi connectivity index (χ2v) is 4.76. The third kappa shape index (κ3) is 3.73. The topological polar surface area (TPSA) is 61.7 Å². The Bertz CT molecular complexity index is 655. The van der Waals surface area contributed by atoms with Gasteiger partial charge in [0.25, 0.3) is 5.91 Å². The molecule has 0 aliphatic carbocycles. The van der Waals surface area contributed by atoms with Gasteiger partial charge in [0, 0.05) is 16.1 Å². The van der Waals surface area contributed by atoms with Gasteiger partial charge in [0.15, 0.2) is 0 Å². The third-order valence-electron chi connectivity index (χ3n) is 2.46. The van der Waals surface area contributed by atoms with Crippen molar-refractivity contribution < 1.29 is 9.90 Å². The molecule has 0 radical (unpaired) electrons. The van der Waals surface area contributed by atoms with Gasteiger partial charge in [-0.1, -0.05) is 29.3 Å². The van der Waals surface area contributed by atoms with E-state index < -0.39 is 0 Å². The van der Waals surface area contributed by atoms with Crippen molar-refractivity contribution in [3.63, 3.8) is 0 Å². The van der Waals surface area contributed by atoms with E-state index in [9.17, 15) is 4.79 Å². The minimum Gasteiger partial charge on any atom is -0.508 e. The van der Waals surface area contributed by atoms with Crippen LogP contribution in [0.25, 0.3) is 0 Å². The Hall–Kier alpha value is -2.04. The molecule has 0 bridgehead atoms. The molecule has 0 aliphatic rings. The van der Waals surface area contributed by atoms with Crippen LogP contribution in [0.1, 0.15) is 15.9 Å².